The van der Waals surface area contributed by atoms with Crippen LogP contribution in [0.3, 0.4) is 0 Å². The Labute approximate surface area is 184 Å². The minimum Gasteiger partial charge on any atom is -0.480 e. The first-order chi connectivity index (χ1) is 14.6. The third-order valence-corrected chi connectivity index (χ3v) is 5.42. The van der Waals surface area contributed by atoms with E-state index in [-0.39, 0.29) is 18.7 Å². The molecule has 1 fully saturated rings. The predicted octanol–water partition coefficient (Wildman–Crippen LogP) is -2.36. The summed E-state index contributed by atoms with van der Waals surface area (Å²) in [5.74, 6) is -3.15. The first-order valence-electron chi connectivity index (χ1n) is 9.81. The number of aliphatic hydroxyl groups is 1. The summed E-state index contributed by atoms with van der Waals surface area (Å²) in [5, 5.41) is 23.9. The Morgan fingerprint density at radius 3 is 2.55 bits per heavy atom. The number of nitrogens with two attached hydrogens (primary N) is 1. The molecule has 5 atom stereocenters. The number of amides is 3. The Hall–Kier alpha value is -2.64. The number of carboxylic acids is 1. The van der Waals surface area contributed by atoms with Crippen LogP contribution in [-0.4, -0.2) is 91.3 Å². The fraction of sp³-hybridized carbons (Fsp3) is 0.611. The van der Waals surface area contributed by atoms with E-state index in [9.17, 15) is 29.4 Å². The topological polar surface area (TPSA) is 191 Å². The summed E-state index contributed by atoms with van der Waals surface area (Å²) < 4.78 is 0. The number of rotatable bonds is 10. The monoisotopic (exact) mass is 456 g/mol. The molecule has 0 aromatic carbocycles. The number of carbonyl (C=O) groups is 4. The number of hydrogen-bond acceptors (Lipinski definition) is 8. The number of thiol groups is 1. The number of aromatic amines is 1. The van der Waals surface area contributed by atoms with Gasteiger partial charge < -0.3 is 36.5 Å². The number of carbonyl (C=O) groups excluding carboxylic acids is 3. The van der Waals surface area contributed by atoms with Crippen LogP contribution in [0.25, 0.3) is 0 Å². The van der Waals surface area contributed by atoms with Crippen molar-refractivity contribution in [3.8, 4) is 0 Å². The Morgan fingerprint density at radius 1 is 1.32 bits per heavy atom. The molecule has 172 valence electrons. The van der Waals surface area contributed by atoms with E-state index >= 15 is 0 Å². The summed E-state index contributed by atoms with van der Waals surface area (Å²) in [4.78, 5) is 57.3. The first-order valence-corrected chi connectivity index (χ1v) is 10.4. The van der Waals surface area contributed by atoms with Crippen LogP contribution in [-0.2, 0) is 25.6 Å². The van der Waals surface area contributed by atoms with E-state index in [2.05, 4.69) is 33.2 Å². The molecule has 7 N–H and O–H groups in total. The molecule has 1 aliphatic rings. The highest BCUT2D eigenvalue weighted by Crippen LogP contribution is 2.19. The molecule has 0 aliphatic carbocycles. The summed E-state index contributed by atoms with van der Waals surface area (Å²) in [7, 11) is 0. The van der Waals surface area contributed by atoms with Crippen molar-refractivity contribution in [3.63, 3.8) is 0 Å². The molecular formula is C18H28N6O6S. The number of imidazole rings is 1. The molecule has 13 heteroatoms. The molecule has 1 aromatic rings. The van der Waals surface area contributed by atoms with Crippen LogP contribution in [0.5, 0.6) is 0 Å². The zero-order valence-corrected chi connectivity index (χ0v) is 17.9. The number of nitrogens with one attached hydrogen (secondary N) is 3. The average Bonchev–Trinajstić information content (AvgIpc) is 3.41. The number of hydrogen-bond donors (Lipinski definition) is 7. The summed E-state index contributed by atoms with van der Waals surface area (Å²) in [6, 6.07) is -4.40. The standard InChI is InChI=1S/C18H28N6O6S/c1-9(25)14(19)16(27)22-11(5-10-6-20-8-21-10)15(26)23-12(7-31)17(28)24-4-2-3-13(24)18(29)30/h6,8-9,11-14,25,31H,2-5,7,19H2,1H3,(H,20,21)(H,22,27)(H,23,26)(H,29,30). The Bertz CT molecular complexity index is 789. The Balaban J connectivity index is 2.13. The fourth-order valence-electron chi connectivity index (χ4n) is 3.26. The van der Waals surface area contributed by atoms with Crippen LogP contribution < -0.4 is 16.4 Å². The zero-order valence-electron chi connectivity index (χ0n) is 17.0. The summed E-state index contributed by atoms with van der Waals surface area (Å²) >= 11 is 4.12. The van der Waals surface area contributed by atoms with E-state index in [0.717, 1.165) is 0 Å². The molecule has 2 heterocycles. The van der Waals surface area contributed by atoms with Crippen molar-refractivity contribution in [2.24, 2.45) is 5.73 Å². The lowest BCUT2D eigenvalue weighted by Crippen LogP contribution is -2.59. The van der Waals surface area contributed by atoms with Gasteiger partial charge in [-0.2, -0.15) is 12.6 Å². The molecule has 3 amide bonds. The maximum absolute atomic E-state index is 12.9. The summed E-state index contributed by atoms with van der Waals surface area (Å²) in [6.45, 7) is 1.62. The second kappa shape index (κ2) is 11.1. The second-order valence-corrected chi connectivity index (χ2v) is 7.75. The highest BCUT2D eigenvalue weighted by molar-refractivity contribution is 7.80. The van der Waals surface area contributed by atoms with Crippen LogP contribution >= 0.6 is 12.6 Å². The van der Waals surface area contributed by atoms with Crippen molar-refractivity contribution in [2.45, 2.75) is 56.5 Å². The normalized spacial score (nSPS) is 19.9. The number of aliphatic carboxylic acids is 1. The molecule has 5 unspecified atom stereocenters. The number of aromatic nitrogens is 2. The first kappa shape index (κ1) is 24.6. The highest BCUT2D eigenvalue weighted by Gasteiger charge is 2.38. The van der Waals surface area contributed by atoms with E-state index in [1.165, 1.54) is 24.3 Å². The molecule has 0 radical (unpaired) electrons. The van der Waals surface area contributed by atoms with Crippen molar-refractivity contribution in [3.05, 3.63) is 18.2 Å². The van der Waals surface area contributed by atoms with Gasteiger partial charge in [-0.3, -0.25) is 14.4 Å². The molecule has 2 rings (SSSR count). The molecule has 0 spiro atoms. The van der Waals surface area contributed by atoms with Gasteiger partial charge in [0.15, 0.2) is 0 Å². The number of H-pyrrole nitrogens is 1. The predicted molar refractivity (Wildman–Crippen MR) is 112 cm³/mol. The molecule has 1 saturated heterocycles. The zero-order chi connectivity index (χ0) is 23.1. The van der Waals surface area contributed by atoms with Gasteiger partial charge >= 0.3 is 5.97 Å². The number of likely N-dealkylation sites (tertiary alicyclic amines) is 1. The van der Waals surface area contributed by atoms with E-state index < -0.39 is 54.0 Å². The van der Waals surface area contributed by atoms with Crippen molar-refractivity contribution < 1.29 is 29.4 Å². The Morgan fingerprint density at radius 2 is 2.00 bits per heavy atom. The van der Waals surface area contributed by atoms with Crippen molar-refractivity contribution in [1.29, 1.82) is 0 Å². The van der Waals surface area contributed by atoms with Crippen molar-refractivity contribution in [1.82, 2.24) is 25.5 Å². The minimum absolute atomic E-state index is 0.0268. The molecule has 31 heavy (non-hydrogen) atoms. The van der Waals surface area contributed by atoms with Crippen LogP contribution in [0, 0.1) is 0 Å². The van der Waals surface area contributed by atoms with Gasteiger partial charge in [-0.25, -0.2) is 9.78 Å². The van der Waals surface area contributed by atoms with Gasteiger partial charge in [0.25, 0.3) is 0 Å². The molecule has 0 bridgehead atoms. The van der Waals surface area contributed by atoms with Gasteiger partial charge in [-0.05, 0) is 19.8 Å². The van der Waals surface area contributed by atoms with Gasteiger partial charge in [0.05, 0.1) is 12.4 Å². The summed E-state index contributed by atoms with van der Waals surface area (Å²) in [6.07, 6.45) is 2.66. The number of nitrogens with zero attached hydrogens (tertiary/aromatic N) is 2. The van der Waals surface area contributed by atoms with Crippen LogP contribution in [0.2, 0.25) is 0 Å². The van der Waals surface area contributed by atoms with E-state index in [0.29, 0.717) is 18.5 Å². The maximum Gasteiger partial charge on any atom is 0.326 e. The van der Waals surface area contributed by atoms with Gasteiger partial charge in [0.1, 0.15) is 24.2 Å². The van der Waals surface area contributed by atoms with E-state index in [4.69, 9.17) is 5.73 Å². The van der Waals surface area contributed by atoms with Crippen molar-refractivity contribution in [2.75, 3.05) is 12.3 Å². The lowest BCUT2D eigenvalue weighted by Gasteiger charge is -2.28. The van der Waals surface area contributed by atoms with Crippen LogP contribution in [0.1, 0.15) is 25.5 Å². The molecule has 1 aromatic heterocycles. The lowest BCUT2D eigenvalue weighted by atomic mass is 10.1. The van der Waals surface area contributed by atoms with Gasteiger partial charge in [0, 0.05) is 30.6 Å². The van der Waals surface area contributed by atoms with E-state index in [1.54, 1.807) is 0 Å². The van der Waals surface area contributed by atoms with Crippen molar-refractivity contribution >= 4 is 36.3 Å². The molecule has 0 saturated carbocycles. The highest BCUT2D eigenvalue weighted by atomic mass is 32.1. The number of aliphatic hydroxyl groups excluding tert-OH is 1. The smallest absolute Gasteiger partial charge is 0.326 e. The third-order valence-electron chi connectivity index (χ3n) is 5.05. The molecule has 12 nitrogen and oxygen atoms in total. The van der Waals surface area contributed by atoms with E-state index in [1.807, 2.05) is 0 Å². The average molecular weight is 457 g/mol. The lowest BCUT2D eigenvalue weighted by molar-refractivity contribution is -0.149. The molecule has 1 aliphatic heterocycles. The van der Waals surface area contributed by atoms with Gasteiger partial charge in [-0.1, -0.05) is 0 Å². The van der Waals surface area contributed by atoms with Crippen LogP contribution in [0.4, 0.5) is 0 Å². The quantitative estimate of drug-likeness (QED) is 0.190. The largest absolute Gasteiger partial charge is 0.480 e. The fourth-order valence-corrected chi connectivity index (χ4v) is 3.51. The minimum atomic E-state index is -1.25. The van der Waals surface area contributed by atoms with Gasteiger partial charge in [0.2, 0.25) is 17.7 Å². The third kappa shape index (κ3) is 6.42. The second-order valence-electron chi connectivity index (χ2n) is 7.38. The number of carboxylic acid groups (broad SMARTS) is 1. The maximum atomic E-state index is 12.9. The SMILES string of the molecule is CC(O)C(N)C(=O)NC(Cc1cnc[nH]1)C(=O)NC(CS)C(=O)N1CCCC1C(=O)O. The van der Waals surface area contributed by atoms with Crippen LogP contribution in [0.15, 0.2) is 12.5 Å². The molecular weight excluding hydrogens is 428 g/mol. The van der Waals surface area contributed by atoms with Gasteiger partial charge in [-0.15, -0.1) is 0 Å². The summed E-state index contributed by atoms with van der Waals surface area (Å²) in [5.41, 5.74) is 6.19. The Kier molecular flexibility index (Phi) is 8.83.